The van der Waals surface area contributed by atoms with E-state index < -0.39 is 0 Å². The van der Waals surface area contributed by atoms with Gasteiger partial charge in [0.25, 0.3) is 0 Å². The van der Waals surface area contributed by atoms with E-state index in [0.717, 1.165) is 16.3 Å². The van der Waals surface area contributed by atoms with Crippen molar-refractivity contribution >= 4 is 28.8 Å². The molecule has 1 aromatic carbocycles. The van der Waals surface area contributed by atoms with Crippen LogP contribution in [-0.4, -0.2) is 15.0 Å². The van der Waals surface area contributed by atoms with Gasteiger partial charge in [-0.05, 0) is 6.92 Å². The fourth-order valence-corrected chi connectivity index (χ4v) is 2.69. The highest BCUT2D eigenvalue weighted by atomic mass is 35.5. The fourth-order valence-electron chi connectivity index (χ4n) is 1.90. The summed E-state index contributed by atoms with van der Waals surface area (Å²) in [7, 11) is 0. The zero-order valence-electron chi connectivity index (χ0n) is 11.4. The summed E-state index contributed by atoms with van der Waals surface area (Å²) >= 11 is 7.71. The summed E-state index contributed by atoms with van der Waals surface area (Å²) in [5, 5.41) is 6.74. The van der Waals surface area contributed by atoms with Gasteiger partial charge in [0.2, 0.25) is 0 Å². The summed E-state index contributed by atoms with van der Waals surface area (Å²) in [4.78, 5) is 13.2. The highest BCUT2D eigenvalue weighted by Crippen LogP contribution is 2.20. The number of halogens is 1. The average Bonchev–Trinajstić information content (AvgIpc) is 2.91. The molecule has 2 aromatic heterocycles. The number of aryl methyl sites for hydroxylation is 1. The molecule has 0 aliphatic carbocycles. The molecule has 0 saturated heterocycles. The minimum absolute atomic E-state index is 0.417. The Kier molecular flexibility index (Phi) is 4.13. The van der Waals surface area contributed by atoms with Gasteiger partial charge in [-0.2, -0.15) is 0 Å². The Labute approximate surface area is 131 Å². The Bertz CT molecular complexity index is 742. The Morgan fingerprint density at radius 3 is 2.67 bits per heavy atom. The van der Waals surface area contributed by atoms with Gasteiger partial charge in [0.1, 0.15) is 11.0 Å². The van der Waals surface area contributed by atoms with Crippen molar-refractivity contribution in [3.05, 3.63) is 57.6 Å². The van der Waals surface area contributed by atoms with E-state index >= 15 is 0 Å². The molecule has 3 aromatic rings. The van der Waals surface area contributed by atoms with Crippen LogP contribution >= 0.6 is 22.9 Å². The molecule has 0 radical (unpaired) electrons. The van der Waals surface area contributed by atoms with Gasteiger partial charge < -0.3 is 5.32 Å². The molecular weight excluding hydrogens is 304 g/mol. The van der Waals surface area contributed by atoms with Crippen LogP contribution in [0, 0.1) is 6.92 Å². The van der Waals surface area contributed by atoms with E-state index in [1.165, 1.54) is 0 Å². The quantitative estimate of drug-likeness (QED) is 0.734. The number of thiazole rings is 1. The monoisotopic (exact) mass is 316 g/mol. The molecule has 106 valence electrons. The first-order valence-electron chi connectivity index (χ1n) is 6.45. The topological polar surface area (TPSA) is 50.7 Å². The predicted octanol–water partition coefficient (Wildman–Crippen LogP) is 4.17. The zero-order valence-corrected chi connectivity index (χ0v) is 12.9. The molecule has 0 aliphatic rings. The van der Waals surface area contributed by atoms with Gasteiger partial charge in [0.05, 0.1) is 17.2 Å². The normalized spacial score (nSPS) is 10.6. The minimum Gasteiger partial charge on any atom is -0.364 e. The molecule has 4 nitrogen and oxygen atoms in total. The van der Waals surface area contributed by atoms with Crippen LogP contribution in [0.2, 0.25) is 5.15 Å². The first-order chi connectivity index (χ1) is 10.2. The number of rotatable bonds is 4. The summed E-state index contributed by atoms with van der Waals surface area (Å²) in [6, 6.07) is 11.5. The van der Waals surface area contributed by atoms with Gasteiger partial charge in [-0.1, -0.05) is 41.9 Å². The van der Waals surface area contributed by atoms with Crippen LogP contribution in [0.25, 0.3) is 11.4 Å². The van der Waals surface area contributed by atoms with E-state index in [4.69, 9.17) is 11.6 Å². The number of hydrogen-bond donors (Lipinski definition) is 1. The highest BCUT2D eigenvalue weighted by Gasteiger charge is 2.06. The summed E-state index contributed by atoms with van der Waals surface area (Å²) < 4.78 is 0. The second-order valence-corrected chi connectivity index (χ2v) is 5.93. The largest absolute Gasteiger partial charge is 0.364 e. The van der Waals surface area contributed by atoms with E-state index in [1.54, 1.807) is 17.4 Å². The van der Waals surface area contributed by atoms with Crippen molar-refractivity contribution in [3.8, 4) is 11.4 Å². The first-order valence-corrected chi connectivity index (χ1v) is 7.71. The van der Waals surface area contributed by atoms with Crippen LogP contribution < -0.4 is 5.32 Å². The lowest BCUT2D eigenvalue weighted by atomic mass is 10.2. The standard InChI is InChI=1S/C15H13ClN4S/c1-10-18-12(9-21-10)8-17-14-7-13(16)19-15(20-14)11-5-3-2-4-6-11/h2-7,9H,8H2,1H3,(H,17,19,20). The second-order valence-electron chi connectivity index (χ2n) is 4.48. The van der Waals surface area contributed by atoms with Crippen molar-refractivity contribution in [1.29, 1.82) is 0 Å². The van der Waals surface area contributed by atoms with E-state index in [-0.39, 0.29) is 0 Å². The molecular formula is C15H13ClN4S. The molecule has 2 heterocycles. The number of benzene rings is 1. The molecule has 3 rings (SSSR count). The lowest BCUT2D eigenvalue weighted by Crippen LogP contribution is -2.03. The summed E-state index contributed by atoms with van der Waals surface area (Å²) in [6.45, 7) is 2.61. The van der Waals surface area contributed by atoms with Crippen LogP contribution in [0.1, 0.15) is 10.7 Å². The lowest BCUT2D eigenvalue weighted by Gasteiger charge is -2.07. The van der Waals surface area contributed by atoms with Gasteiger partial charge in [-0.3, -0.25) is 0 Å². The Morgan fingerprint density at radius 2 is 1.95 bits per heavy atom. The van der Waals surface area contributed by atoms with Gasteiger partial charge in [0, 0.05) is 17.0 Å². The van der Waals surface area contributed by atoms with Gasteiger partial charge >= 0.3 is 0 Å². The number of aromatic nitrogens is 3. The maximum Gasteiger partial charge on any atom is 0.163 e. The molecule has 0 fully saturated rings. The molecule has 6 heteroatoms. The lowest BCUT2D eigenvalue weighted by molar-refractivity contribution is 1.03. The highest BCUT2D eigenvalue weighted by molar-refractivity contribution is 7.09. The van der Waals surface area contributed by atoms with Crippen LogP contribution in [0.15, 0.2) is 41.8 Å². The molecule has 0 atom stereocenters. The Balaban J connectivity index is 1.81. The Hall–Kier alpha value is -1.98. The zero-order chi connectivity index (χ0) is 14.7. The molecule has 0 spiro atoms. The van der Waals surface area contributed by atoms with Crippen LogP contribution in [0.3, 0.4) is 0 Å². The smallest absolute Gasteiger partial charge is 0.163 e. The third-order valence-electron chi connectivity index (χ3n) is 2.84. The van der Waals surface area contributed by atoms with Crippen molar-refractivity contribution in [3.63, 3.8) is 0 Å². The summed E-state index contributed by atoms with van der Waals surface area (Å²) in [5.41, 5.74) is 1.93. The predicted molar refractivity (Wildman–Crippen MR) is 86.7 cm³/mol. The number of nitrogens with zero attached hydrogens (tertiary/aromatic N) is 3. The molecule has 0 amide bonds. The maximum absolute atomic E-state index is 6.08. The molecule has 0 bridgehead atoms. The average molecular weight is 317 g/mol. The number of anilines is 1. The summed E-state index contributed by atoms with van der Waals surface area (Å²) in [5.74, 6) is 1.31. The number of nitrogens with one attached hydrogen (secondary N) is 1. The SMILES string of the molecule is Cc1nc(CNc2cc(Cl)nc(-c3ccccc3)n2)cs1. The van der Waals surface area contributed by atoms with E-state index in [2.05, 4.69) is 20.3 Å². The van der Waals surface area contributed by atoms with Crippen LogP contribution in [0.4, 0.5) is 5.82 Å². The Morgan fingerprint density at radius 1 is 1.14 bits per heavy atom. The minimum atomic E-state index is 0.417. The van der Waals surface area contributed by atoms with E-state index in [9.17, 15) is 0 Å². The van der Waals surface area contributed by atoms with Crippen molar-refractivity contribution in [2.45, 2.75) is 13.5 Å². The van der Waals surface area contributed by atoms with Crippen molar-refractivity contribution in [2.75, 3.05) is 5.32 Å². The fraction of sp³-hybridized carbons (Fsp3) is 0.133. The third kappa shape index (κ3) is 3.56. The second kappa shape index (κ2) is 6.20. The molecule has 21 heavy (non-hydrogen) atoms. The first kappa shape index (κ1) is 14.0. The van der Waals surface area contributed by atoms with Gasteiger partial charge in [-0.25, -0.2) is 15.0 Å². The van der Waals surface area contributed by atoms with Gasteiger partial charge in [-0.15, -0.1) is 11.3 Å². The van der Waals surface area contributed by atoms with E-state index in [1.807, 2.05) is 42.6 Å². The molecule has 0 saturated carbocycles. The maximum atomic E-state index is 6.08. The molecule has 1 N–H and O–H groups in total. The summed E-state index contributed by atoms with van der Waals surface area (Å²) in [6.07, 6.45) is 0. The van der Waals surface area contributed by atoms with Gasteiger partial charge in [0.15, 0.2) is 5.82 Å². The van der Waals surface area contributed by atoms with Crippen molar-refractivity contribution in [1.82, 2.24) is 15.0 Å². The van der Waals surface area contributed by atoms with Crippen LogP contribution in [0.5, 0.6) is 0 Å². The molecule has 0 unspecified atom stereocenters. The number of hydrogen-bond acceptors (Lipinski definition) is 5. The third-order valence-corrected chi connectivity index (χ3v) is 3.86. The van der Waals surface area contributed by atoms with E-state index in [0.29, 0.717) is 23.3 Å². The van der Waals surface area contributed by atoms with Crippen molar-refractivity contribution < 1.29 is 0 Å². The van der Waals surface area contributed by atoms with Crippen LogP contribution in [-0.2, 0) is 6.54 Å². The molecule has 0 aliphatic heterocycles. The van der Waals surface area contributed by atoms with Crippen molar-refractivity contribution in [2.24, 2.45) is 0 Å².